The van der Waals surface area contributed by atoms with Crippen molar-refractivity contribution in [2.24, 2.45) is 0 Å². The molecule has 0 N–H and O–H groups in total. The number of hydrogen-bond donors (Lipinski definition) is 0. The Hall–Kier alpha value is -0.600. The van der Waals surface area contributed by atoms with Crippen molar-refractivity contribution in [3.63, 3.8) is 0 Å². The largest absolute Gasteiger partial charge is 0.405 e. The molecule has 0 fully saturated rings. The molecule has 188 valence electrons. The summed E-state index contributed by atoms with van der Waals surface area (Å²) in [5.74, 6) is 0.740. The lowest BCUT2D eigenvalue weighted by Gasteiger charge is -2.23. The van der Waals surface area contributed by atoms with Crippen LogP contribution in [0.15, 0.2) is 41.6 Å². The van der Waals surface area contributed by atoms with E-state index in [4.69, 9.17) is 71.8 Å². The van der Waals surface area contributed by atoms with Crippen molar-refractivity contribution in [2.45, 2.75) is 38.1 Å². The molecule has 0 saturated heterocycles. The van der Waals surface area contributed by atoms with E-state index in [2.05, 4.69) is 9.97 Å². The van der Waals surface area contributed by atoms with Crippen LogP contribution in [0.1, 0.15) is 36.2 Å². The standard InChI is InChI=1S/C23H23Cl4N2O3PS2/c1-4-30-33(34,31-5-2)32-22-15(12-16-18(24)8-6-9-19(16)25)14(3)28-23(29-22)35-13-17-20(26)10-7-11-21(17)27/h6-11H,4-5,12-13H2,1-3H3. The normalized spacial score (nSPS) is 11.6. The lowest BCUT2D eigenvalue weighted by Crippen LogP contribution is -2.09. The minimum atomic E-state index is -3.10. The van der Waals surface area contributed by atoms with Gasteiger partial charge < -0.3 is 4.52 Å². The molecule has 5 nitrogen and oxygen atoms in total. The van der Waals surface area contributed by atoms with E-state index in [0.717, 1.165) is 11.1 Å². The molecule has 0 aliphatic carbocycles. The zero-order chi connectivity index (χ0) is 25.6. The summed E-state index contributed by atoms with van der Waals surface area (Å²) in [6.07, 6.45) is 0.342. The fourth-order valence-electron chi connectivity index (χ4n) is 3.09. The molecule has 0 aliphatic rings. The van der Waals surface area contributed by atoms with E-state index < -0.39 is 6.72 Å². The van der Waals surface area contributed by atoms with Crippen molar-refractivity contribution in [1.82, 2.24) is 9.97 Å². The Kier molecular flexibility index (Phi) is 11.0. The molecule has 0 spiro atoms. The zero-order valence-electron chi connectivity index (χ0n) is 19.2. The molecule has 1 aromatic heterocycles. The number of aromatic nitrogens is 2. The number of thioether (sulfide) groups is 1. The van der Waals surface area contributed by atoms with Crippen molar-refractivity contribution in [1.29, 1.82) is 0 Å². The predicted molar refractivity (Wildman–Crippen MR) is 150 cm³/mol. The maximum absolute atomic E-state index is 6.44. The summed E-state index contributed by atoms with van der Waals surface area (Å²) in [5, 5.41) is 2.68. The topological polar surface area (TPSA) is 53.5 Å². The van der Waals surface area contributed by atoms with Gasteiger partial charge in [0.2, 0.25) is 5.88 Å². The van der Waals surface area contributed by atoms with Gasteiger partial charge in [-0.2, -0.15) is 4.98 Å². The Balaban J connectivity index is 2.02. The van der Waals surface area contributed by atoms with E-state index in [-0.39, 0.29) is 5.88 Å². The summed E-state index contributed by atoms with van der Waals surface area (Å²) in [6, 6.07) is 10.7. The lowest BCUT2D eigenvalue weighted by molar-refractivity contribution is 0.215. The van der Waals surface area contributed by atoms with Crippen LogP contribution < -0.4 is 4.52 Å². The molecule has 3 rings (SSSR count). The van der Waals surface area contributed by atoms with Gasteiger partial charge in [0.25, 0.3) is 0 Å². The van der Waals surface area contributed by atoms with E-state index in [1.807, 2.05) is 20.8 Å². The quantitative estimate of drug-likeness (QED) is 0.122. The van der Waals surface area contributed by atoms with Gasteiger partial charge in [0.1, 0.15) is 0 Å². The van der Waals surface area contributed by atoms with Gasteiger partial charge in [-0.1, -0.05) is 70.3 Å². The maximum Gasteiger partial charge on any atom is 0.381 e. The van der Waals surface area contributed by atoms with E-state index in [9.17, 15) is 0 Å². The molecule has 0 bridgehead atoms. The molecular weight excluding hydrogens is 589 g/mol. The van der Waals surface area contributed by atoms with Crippen LogP contribution in [0, 0.1) is 6.92 Å². The first-order chi connectivity index (χ1) is 16.7. The molecule has 0 aliphatic heterocycles. The van der Waals surface area contributed by atoms with Gasteiger partial charge in [-0.15, -0.1) is 0 Å². The first-order valence-electron chi connectivity index (χ1n) is 10.6. The minimum Gasteiger partial charge on any atom is -0.405 e. The molecule has 0 saturated carbocycles. The third kappa shape index (κ3) is 7.70. The third-order valence-electron chi connectivity index (χ3n) is 4.75. The van der Waals surface area contributed by atoms with Gasteiger partial charge in [-0.3, -0.25) is 9.05 Å². The fraction of sp³-hybridized carbons (Fsp3) is 0.304. The highest BCUT2D eigenvalue weighted by Crippen LogP contribution is 2.50. The van der Waals surface area contributed by atoms with Gasteiger partial charge >= 0.3 is 6.72 Å². The number of rotatable bonds is 11. The van der Waals surface area contributed by atoms with Crippen LogP contribution in [0.5, 0.6) is 5.88 Å². The number of nitrogens with zero attached hydrogens (tertiary/aromatic N) is 2. The highest BCUT2D eigenvalue weighted by atomic mass is 35.5. The van der Waals surface area contributed by atoms with Crippen LogP contribution in [0.2, 0.25) is 20.1 Å². The summed E-state index contributed by atoms with van der Waals surface area (Å²) in [7, 11) is 0. The molecule has 35 heavy (non-hydrogen) atoms. The van der Waals surface area contributed by atoms with Crippen molar-refractivity contribution in [3.05, 3.63) is 78.9 Å². The van der Waals surface area contributed by atoms with Crippen LogP contribution in [-0.2, 0) is 33.0 Å². The summed E-state index contributed by atoms with van der Waals surface area (Å²) < 4.78 is 17.6. The fourth-order valence-corrected chi connectivity index (χ4v) is 7.26. The van der Waals surface area contributed by atoms with E-state index in [1.54, 1.807) is 36.4 Å². The molecule has 0 radical (unpaired) electrons. The highest BCUT2D eigenvalue weighted by molar-refractivity contribution is 8.07. The summed E-state index contributed by atoms with van der Waals surface area (Å²) in [5.41, 5.74) is 2.91. The highest BCUT2D eigenvalue weighted by Gasteiger charge is 2.26. The molecule has 2 aromatic carbocycles. The van der Waals surface area contributed by atoms with Crippen molar-refractivity contribution < 1.29 is 13.6 Å². The average molecular weight is 612 g/mol. The van der Waals surface area contributed by atoms with Crippen molar-refractivity contribution in [3.8, 4) is 5.88 Å². The van der Waals surface area contributed by atoms with Gasteiger partial charge in [0.15, 0.2) is 5.16 Å². The number of aryl methyl sites for hydroxylation is 1. The van der Waals surface area contributed by atoms with Crippen molar-refractivity contribution in [2.75, 3.05) is 13.2 Å². The first-order valence-corrected chi connectivity index (χ1v) is 15.7. The minimum absolute atomic E-state index is 0.270. The van der Waals surface area contributed by atoms with Crippen LogP contribution in [0.25, 0.3) is 0 Å². The lowest BCUT2D eigenvalue weighted by atomic mass is 10.0. The van der Waals surface area contributed by atoms with E-state index in [1.165, 1.54) is 11.8 Å². The Morgan fingerprint density at radius 2 is 1.34 bits per heavy atom. The number of halogens is 4. The summed E-state index contributed by atoms with van der Waals surface area (Å²) in [6.45, 7) is 3.08. The van der Waals surface area contributed by atoms with Crippen LogP contribution >= 0.6 is 64.9 Å². The van der Waals surface area contributed by atoms with Crippen LogP contribution in [0.4, 0.5) is 0 Å². The maximum atomic E-state index is 6.44. The van der Waals surface area contributed by atoms with Crippen LogP contribution in [-0.4, -0.2) is 23.2 Å². The Morgan fingerprint density at radius 1 is 0.829 bits per heavy atom. The number of benzene rings is 2. The first kappa shape index (κ1) is 29.0. The molecule has 1 heterocycles. The van der Waals surface area contributed by atoms with Gasteiger partial charge in [0, 0.05) is 55.3 Å². The van der Waals surface area contributed by atoms with Gasteiger partial charge in [-0.25, -0.2) is 4.98 Å². The third-order valence-corrected chi connectivity index (χ3v) is 9.44. The summed E-state index contributed by atoms with van der Waals surface area (Å²) in [4.78, 5) is 9.35. The molecular formula is C23H23Cl4N2O3PS2. The molecule has 3 aromatic rings. The molecule has 0 atom stereocenters. The van der Waals surface area contributed by atoms with Gasteiger partial charge in [-0.05, 0) is 56.2 Å². The Bertz CT molecular complexity index is 1200. The molecule has 0 unspecified atom stereocenters. The summed E-state index contributed by atoms with van der Waals surface area (Å²) >= 11 is 32.5. The second kappa shape index (κ2) is 13.3. The van der Waals surface area contributed by atoms with Crippen LogP contribution in [0.3, 0.4) is 0 Å². The number of hydrogen-bond acceptors (Lipinski definition) is 7. The van der Waals surface area contributed by atoms with E-state index >= 15 is 0 Å². The zero-order valence-corrected chi connectivity index (χ0v) is 24.7. The second-order valence-electron chi connectivity index (χ2n) is 7.12. The van der Waals surface area contributed by atoms with E-state index in [0.29, 0.717) is 61.9 Å². The SMILES string of the molecule is CCOP(=S)(OCC)Oc1nc(SCc2c(Cl)cccc2Cl)nc(C)c1Cc1c(Cl)cccc1Cl. The second-order valence-corrected chi connectivity index (χ2v) is 12.6. The molecule has 0 amide bonds. The Labute approximate surface area is 235 Å². The monoisotopic (exact) mass is 610 g/mol. The predicted octanol–water partition coefficient (Wildman–Crippen LogP) is 8.96. The van der Waals surface area contributed by atoms with Gasteiger partial charge in [0.05, 0.1) is 13.2 Å². The average Bonchev–Trinajstić information content (AvgIpc) is 2.78. The Morgan fingerprint density at radius 3 is 1.86 bits per heavy atom. The van der Waals surface area contributed by atoms with Crippen molar-refractivity contribution >= 4 is 76.7 Å². The smallest absolute Gasteiger partial charge is 0.381 e. The molecule has 12 heteroatoms.